The molecule has 0 atom stereocenters. The van der Waals surface area contributed by atoms with Crippen LogP contribution in [0.5, 0.6) is 0 Å². The molecule has 4 heteroatoms. The third-order valence-electron chi connectivity index (χ3n) is 3.41. The van der Waals surface area contributed by atoms with Gasteiger partial charge in [0, 0.05) is 23.0 Å². The summed E-state index contributed by atoms with van der Waals surface area (Å²) >= 11 is 0. The van der Waals surface area contributed by atoms with Crippen molar-refractivity contribution in [2.75, 3.05) is 11.9 Å². The Kier molecular flexibility index (Phi) is 3.60. The Labute approximate surface area is 122 Å². The first-order valence-corrected chi connectivity index (χ1v) is 6.87. The van der Waals surface area contributed by atoms with Crippen LogP contribution in [0.15, 0.2) is 54.6 Å². The van der Waals surface area contributed by atoms with Gasteiger partial charge in [0.25, 0.3) is 0 Å². The van der Waals surface area contributed by atoms with Crippen molar-refractivity contribution < 1.29 is 9.90 Å². The van der Waals surface area contributed by atoms with Gasteiger partial charge in [-0.25, -0.2) is 0 Å². The van der Waals surface area contributed by atoms with Crippen LogP contribution in [0.2, 0.25) is 0 Å². The highest BCUT2D eigenvalue weighted by atomic mass is 16.4. The standard InChI is InChI=1S/C17H16N2O2/c20-15(21)10-11-18-17-13-8-4-5-9-14(13)19-16(17)12-6-2-1-3-7-12/h1-9,18-19H,10-11H2,(H,20,21). The summed E-state index contributed by atoms with van der Waals surface area (Å²) in [6, 6.07) is 18.0. The molecule has 0 saturated heterocycles. The van der Waals surface area contributed by atoms with E-state index < -0.39 is 5.97 Å². The number of anilines is 1. The molecule has 0 aliphatic heterocycles. The van der Waals surface area contributed by atoms with Crippen LogP contribution in [0.25, 0.3) is 22.2 Å². The number of benzene rings is 2. The Bertz CT molecular complexity index is 763. The van der Waals surface area contributed by atoms with Crippen molar-refractivity contribution in [3.63, 3.8) is 0 Å². The largest absolute Gasteiger partial charge is 0.481 e. The summed E-state index contributed by atoms with van der Waals surface area (Å²) in [5.41, 5.74) is 4.06. The van der Waals surface area contributed by atoms with Crippen LogP contribution in [0, 0.1) is 0 Å². The fourth-order valence-electron chi connectivity index (χ4n) is 2.44. The fraction of sp³-hybridized carbons (Fsp3) is 0.118. The van der Waals surface area contributed by atoms with Crippen molar-refractivity contribution in [2.45, 2.75) is 6.42 Å². The quantitative estimate of drug-likeness (QED) is 0.667. The smallest absolute Gasteiger partial charge is 0.305 e. The Morgan fingerprint density at radius 1 is 1.05 bits per heavy atom. The molecule has 0 saturated carbocycles. The van der Waals surface area contributed by atoms with Crippen LogP contribution in [0.1, 0.15) is 6.42 Å². The Morgan fingerprint density at radius 3 is 2.52 bits per heavy atom. The minimum absolute atomic E-state index is 0.0910. The van der Waals surface area contributed by atoms with Crippen LogP contribution in [-0.4, -0.2) is 22.6 Å². The van der Waals surface area contributed by atoms with Crippen molar-refractivity contribution >= 4 is 22.6 Å². The molecule has 21 heavy (non-hydrogen) atoms. The van der Waals surface area contributed by atoms with Gasteiger partial charge < -0.3 is 15.4 Å². The average Bonchev–Trinajstić information content (AvgIpc) is 2.87. The molecule has 3 N–H and O–H groups in total. The van der Waals surface area contributed by atoms with E-state index in [0.29, 0.717) is 6.54 Å². The van der Waals surface area contributed by atoms with E-state index in [9.17, 15) is 4.79 Å². The molecule has 4 nitrogen and oxygen atoms in total. The first-order chi connectivity index (χ1) is 10.3. The van der Waals surface area contributed by atoms with Crippen molar-refractivity contribution in [3.05, 3.63) is 54.6 Å². The molecule has 0 bridgehead atoms. The number of carboxylic acids is 1. The number of hydrogen-bond donors (Lipinski definition) is 3. The number of fused-ring (bicyclic) bond motifs is 1. The average molecular weight is 280 g/mol. The summed E-state index contributed by atoms with van der Waals surface area (Å²) in [6.07, 6.45) is 0.0910. The van der Waals surface area contributed by atoms with Crippen molar-refractivity contribution in [2.24, 2.45) is 0 Å². The van der Waals surface area contributed by atoms with Gasteiger partial charge in [0.15, 0.2) is 0 Å². The zero-order chi connectivity index (χ0) is 14.7. The van der Waals surface area contributed by atoms with Gasteiger partial charge in [0.1, 0.15) is 0 Å². The minimum Gasteiger partial charge on any atom is -0.481 e. The highest BCUT2D eigenvalue weighted by Gasteiger charge is 2.12. The lowest BCUT2D eigenvalue weighted by Crippen LogP contribution is -2.07. The molecule has 3 rings (SSSR count). The SMILES string of the molecule is O=C(O)CCNc1c(-c2ccccc2)[nH]c2ccccc12. The first-order valence-electron chi connectivity index (χ1n) is 6.87. The number of rotatable bonds is 5. The van der Waals surface area contributed by atoms with Gasteiger partial charge in [-0.2, -0.15) is 0 Å². The summed E-state index contributed by atoms with van der Waals surface area (Å²) in [6.45, 7) is 0.400. The number of H-pyrrole nitrogens is 1. The zero-order valence-corrected chi connectivity index (χ0v) is 11.5. The molecular formula is C17H16N2O2. The van der Waals surface area contributed by atoms with Crippen LogP contribution >= 0.6 is 0 Å². The number of hydrogen-bond acceptors (Lipinski definition) is 2. The van der Waals surface area contributed by atoms with Crippen molar-refractivity contribution in [3.8, 4) is 11.3 Å². The topological polar surface area (TPSA) is 65.1 Å². The second kappa shape index (κ2) is 5.71. The summed E-state index contributed by atoms with van der Waals surface area (Å²) in [4.78, 5) is 14.1. The van der Waals surface area contributed by atoms with Crippen molar-refractivity contribution in [1.82, 2.24) is 4.98 Å². The molecule has 3 aromatic rings. The molecule has 2 aromatic carbocycles. The van der Waals surface area contributed by atoms with Gasteiger partial charge >= 0.3 is 5.97 Å². The summed E-state index contributed by atoms with van der Waals surface area (Å²) in [5, 5.41) is 13.1. The van der Waals surface area contributed by atoms with Gasteiger partial charge in [-0.05, 0) is 6.07 Å². The van der Waals surface area contributed by atoms with E-state index in [2.05, 4.69) is 10.3 Å². The molecule has 0 aliphatic carbocycles. The monoisotopic (exact) mass is 280 g/mol. The van der Waals surface area contributed by atoms with E-state index in [1.54, 1.807) is 0 Å². The normalized spacial score (nSPS) is 10.7. The van der Waals surface area contributed by atoms with Gasteiger partial charge in [-0.15, -0.1) is 0 Å². The van der Waals surface area contributed by atoms with Gasteiger partial charge in [0.05, 0.1) is 17.8 Å². The zero-order valence-electron chi connectivity index (χ0n) is 11.5. The fourth-order valence-corrected chi connectivity index (χ4v) is 2.44. The van der Waals surface area contributed by atoms with E-state index >= 15 is 0 Å². The van der Waals surface area contributed by atoms with E-state index in [-0.39, 0.29) is 6.42 Å². The van der Waals surface area contributed by atoms with E-state index in [4.69, 9.17) is 5.11 Å². The Balaban J connectivity index is 2.04. The van der Waals surface area contributed by atoms with Gasteiger partial charge in [-0.3, -0.25) is 4.79 Å². The molecular weight excluding hydrogens is 264 g/mol. The first kappa shape index (κ1) is 13.2. The lowest BCUT2D eigenvalue weighted by molar-refractivity contribution is -0.136. The van der Waals surface area contributed by atoms with Gasteiger partial charge in [0.2, 0.25) is 0 Å². The second-order valence-electron chi connectivity index (χ2n) is 4.86. The minimum atomic E-state index is -0.802. The lowest BCUT2D eigenvalue weighted by Gasteiger charge is -2.07. The maximum Gasteiger partial charge on any atom is 0.305 e. The number of nitrogens with one attached hydrogen (secondary N) is 2. The summed E-state index contributed by atoms with van der Waals surface area (Å²) in [5.74, 6) is -0.802. The van der Waals surface area contributed by atoms with Crippen LogP contribution < -0.4 is 5.32 Å². The molecule has 1 aromatic heterocycles. The maximum absolute atomic E-state index is 10.7. The number of para-hydroxylation sites is 1. The number of carbonyl (C=O) groups is 1. The third-order valence-corrected chi connectivity index (χ3v) is 3.41. The molecule has 0 fully saturated rings. The third kappa shape index (κ3) is 2.74. The number of carboxylic acid groups (broad SMARTS) is 1. The number of aromatic nitrogens is 1. The lowest BCUT2D eigenvalue weighted by atomic mass is 10.1. The number of aromatic amines is 1. The van der Waals surface area contributed by atoms with E-state index in [1.807, 2.05) is 54.6 Å². The van der Waals surface area contributed by atoms with E-state index in [1.165, 1.54) is 0 Å². The Morgan fingerprint density at radius 2 is 1.76 bits per heavy atom. The molecule has 0 amide bonds. The number of aliphatic carboxylic acids is 1. The highest BCUT2D eigenvalue weighted by molar-refractivity contribution is 6.01. The predicted molar refractivity (Wildman–Crippen MR) is 84.5 cm³/mol. The molecule has 0 unspecified atom stereocenters. The highest BCUT2D eigenvalue weighted by Crippen LogP contribution is 2.34. The Hall–Kier alpha value is -2.75. The van der Waals surface area contributed by atoms with Gasteiger partial charge in [-0.1, -0.05) is 48.5 Å². The van der Waals surface area contributed by atoms with Crippen LogP contribution in [-0.2, 0) is 4.79 Å². The molecule has 106 valence electrons. The van der Waals surface area contributed by atoms with Crippen LogP contribution in [0.4, 0.5) is 5.69 Å². The predicted octanol–water partition coefficient (Wildman–Crippen LogP) is 3.72. The second-order valence-corrected chi connectivity index (χ2v) is 4.86. The summed E-state index contributed by atoms with van der Waals surface area (Å²) < 4.78 is 0. The molecule has 0 aliphatic rings. The molecule has 0 radical (unpaired) electrons. The van der Waals surface area contributed by atoms with Crippen molar-refractivity contribution in [1.29, 1.82) is 0 Å². The maximum atomic E-state index is 10.7. The molecule has 1 heterocycles. The van der Waals surface area contributed by atoms with Crippen LogP contribution in [0.3, 0.4) is 0 Å². The summed E-state index contributed by atoms with van der Waals surface area (Å²) in [7, 11) is 0. The molecule has 0 spiro atoms. The van der Waals surface area contributed by atoms with E-state index in [0.717, 1.165) is 27.8 Å².